The monoisotopic (exact) mass is 318 g/mol. The molecule has 1 heterocycles. The van der Waals surface area contributed by atoms with E-state index < -0.39 is 17.7 Å². The minimum Gasteiger partial charge on any atom is -0.338 e. The maximum atomic E-state index is 13.7. The van der Waals surface area contributed by atoms with Gasteiger partial charge in [0, 0.05) is 11.6 Å². The van der Waals surface area contributed by atoms with Gasteiger partial charge in [0.25, 0.3) is 0 Å². The first kappa shape index (κ1) is 17.5. The molecule has 2 rings (SSSR count). The summed E-state index contributed by atoms with van der Waals surface area (Å²) >= 11 is 0. The summed E-state index contributed by atoms with van der Waals surface area (Å²) in [5.74, 6) is -0.380. The van der Waals surface area contributed by atoms with Crippen molar-refractivity contribution in [3.05, 3.63) is 47.1 Å². The molecule has 2 aromatic rings. The molecule has 0 aliphatic carbocycles. The van der Waals surface area contributed by atoms with Crippen LogP contribution in [0.15, 0.2) is 22.7 Å². The van der Waals surface area contributed by atoms with Crippen molar-refractivity contribution in [2.24, 2.45) is 5.73 Å². The molecule has 2 N–H and O–H groups in total. The SMILES string of the molecule is CC(c1c(F)cccc1F)N(C)Cc1noc(CN)n1.Cl. The molecule has 0 bridgehead atoms. The summed E-state index contributed by atoms with van der Waals surface area (Å²) in [4.78, 5) is 5.79. The van der Waals surface area contributed by atoms with Gasteiger partial charge in [-0.25, -0.2) is 8.78 Å². The van der Waals surface area contributed by atoms with E-state index in [1.807, 2.05) is 0 Å². The first-order chi connectivity index (χ1) is 9.52. The Kier molecular flexibility index (Phi) is 6.19. The Morgan fingerprint density at radius 3 is 2.48 bits per heavy atom. The normalized spacial score (nSPS) is 12.3. The number of aromatic nitrogens is 2. The van der Waals surface area contributed by atoms with Crippen LogP contribution in [0.25, 0.3) is 0 Å². The summed E-state index contributed by atoms with van der Waals surface area (Å²) < 4.78 is 32.3. The van der Waals surface area contributed by atoms with Crippen LogP contribution < -0.4 is 5.73 Å². The fraction of sp³-hybridized carbons (Fsp3) is 0.385. The summed E-state index contributed by atoms with van der Waals surface area (Å²) in [6.45, 7) is 2.18. The average molecular weight is 319 g/mol. The number of hydrogen-bond donors (Lipinski definition) is 1. The molecule has 0 aliphatic rings. The van der Waals surface area contributed by atoms with Crippen molar-refractivity contribution < 1.29 is 13.3 Å². The van der Waals surface area contributed by atoms with Gasteiger partial charge in [0.2, 0.25) is 5.89 Å². The zero-order valence-electron chi connectivity index (χ0n) is 11.7. The third-order valence-corrected chi connectivity index (χ3v) is 3.15. The fourth-order valence-electron chi connectivity index (χ4n) is 1.93. The molecule has 0 aliphatic heterocycles. The number of hydrogen-bond acceptors (Lipinski definition) is 5. The van der Waals surface area contributed by atoms with Crippen molar-refractivity contribution in [1.29, 1.82) is 0 Å². The van der Waals surface area contributed by atoms with Gasteiger partial charge in [-0.1, -0.05) is 11.2 Å². The van der Waals surface area contributed by atoms with Crippen LogP contribution in [-0.2, 0) is 13.1 Å². The van der Waals surface area contributed by atoms with Crippen molar-refractivity contribution in [2.45, 2.75) is 26.1 Å². The van der Waals surface area contributed by atoms with E-state index in [2.05, 4.69) is 10.1 Å². The Balaban J connectivity index is 0.00000220. The lowest BCUT2D eigenvalue weighted by Gasteiger charge is -2.24. The largest absolute Gasteiger partial charge is 0.338 e. The van der Waals surface area contributed by atoms with Crippen LogP contribution in [0, 0.1) is 11.6 Å². The predicted octanol–water partition coefficient (Wildman–Crippen LogP) is 2.42. The van der Waals surface area contributed by atoms with E-state index in [1.54, 1.807) is 18.9 Å². The predicted molar refractivity (Wildman–Crippen MR) is 75.7 cm³/mol. The summed E-state index contributed by atoms with van der Waals surface area (Å²) in [6, 6.07) is 3.36. The molecule has 8 heteroatoms. The van der Waals surface area contributed by atoms with Crippen molar-refractivity contribution in [3.63, 3.8) is 0 Å². The van der Waals surface area contributed by atoms with Gasteiger partial charge in [-0.05, 0) is 26.1 Å². The first-order valence-corrected chi connectivity index (χ1v) is 6.18. The minimum absolute atomic E-state index is 0. The Morgan fingerprint density at radius 1 is 1.33 bits per heavy atom. The highest BCUT2D eigenvalue weighted by Gasteiger charge is 2.21. The maximum Gasteiger partial charge on any atom is 0.240 e. The highest BCUT2D eigenvalue weighted by molar-refractivity contribution is 5.85. The average Bonchev–Trinajstić information content (AvgIpc) is 2.86. The van der Waals surface area contributed by atoms with E-state index in [4.69, 9.17) is 10.3 Å². The highest BCUT2D eigenvalue weighted by Crippen LogP contribution is 2.25. The van der Waals surface area contributed by atoms with Crippen LogP contribution >= 0.6 is 12.4 Å². The summed E-state index contributed by atoms with van der Waals surface area (Å²) in [5, 5.41) is 3.75. The van der Waals surface area contributed by atoms with Crippen molar-refractivity contribution >= 4 is 12.4 Å². The number of nitrogens with two attached hydrogens (primary N) is 1. The molecule has 0 saturated carbocycles. The number of halogens is 3. The molecule has 0 saturated heterocycles. The van der Waals surface area contributed by atoms with Crippen molar-refractivity contribution in [2.75, 3.05) is 7.05 Å². The van der Waals surface area contributed by atoms with Gasteiger partial charge in [0.05, 0.1) is 13.1 Å². The summed E-state index contributed by atoms with van der Waals surface area (Å²) in [7, 11) is 1.73. The molecular formula is C13H17ClF2N4O. The summed E-state index contributed by atoms with van der Waals surface area (Å²) in [5.41, 5.74) is 5.40. The lowest BCUT2D eigenvalue weighted by atomic mass is 10.1. The molecule has 1 unspecified atom stereocenters. The fourth-order valence-corrected chi connectivity index (χ4v) is 1.93. The molecule has 5 nitrogen and oxygen atoms in total. The van der Waals surface area contributed by atoms with Crippen molar-refractivity contribution in [3.8, 4) is 0 Å². The zero-order valence-corrected chi connectivity index (χ0v) is 12.5. The third kappa shape index (κ3) is 3.96. The van der Waals surface area contributed by atoms with Crippen LogP contribution in [0.3, 0.4) is 0 Å². The minimum atomic E-state index is -0.569. The van der Waals surface area contributed by atoms with Gasteiger partial charge in [-0.2, -0.15) is 4.98 Å². The Bertz CT molecular complexity index is 573. The van der Waals surface area contributed by atoms with Gasteiger partial charge in [-0.15, -0.1) is 12.4 Å². The molecule has 116 valence electrons. The maximum absolute atomic E-state index is 13.7. The van der Waals surface area contributed by atoms with Crippen LogP contribution in [0.1, 0.15) is 30.2 Å². The van der Waals surface area contributed by atoms with Gasteiger partial charge in [0.1, 0.15) is 11.6 Å². The molecule has 0 radical (unpaired) electrons. The molecule has 0 amide bonds. The molecule has 1 aromatic carbocycles. The van der Waals surface area contributed by atoms with Crippen LogP contribution in [-0.4, -0.2) is 22.1 Å². The number of nitrogens with zero attached hydrogens (tertiary/aromatic N) is 3. The zero-order chi connectivity index (χ0) is 14.7. The quantitative estimate of drug-likeness (QED) is 0.917. The number of rotatable bonds is 5. The van der Waals surface area contributed by atoms with Crippen LogP contribution in [0.5, 0.6) is 0 Å². The van der Waals surface area contributed by atoms with Crippen LogP contribution in [0.2, 0.25) is 0 Å². The van der Waals surface area contributed by atoms with Gasteiger partial charge >= 0.3 is 0 Å². The summed E-state index contributed by atoms with van der Waals surface area (Å²) in [6.07, 6.45) is 0. The van der Waals surface area contributed by atoms with E-state index in [1.165, 1.54) is 18.2 Å². The topological polar surface area (TPSA) is 68.2 Å². The standard InChI is InChI=1S/C13H16F2N4O.ClH/c1-8(13-9(14)4-3-5-10(13)15)19(2)7-11-17-12(6-16)20-18-11;/h3-5,8H,6-7,16H2,1-2H3;1H. The Hall–Kier alpha value is -1.57. The lowest BCUT2D eigenvalue weighted by molar-refractivity contribution is 0.232. The number of benzene rings is 1. The van der Waals surface area contributed by atoms with E-state index in [-0.39, 0.29) is 24.5 Å². The third-order valence-electron chi connectivity index (χ3n) is 3.15. The van der Waals surface area contributed by atoms with E-state index in [9.17, 15) is 8.78 Å². The Labute approximate surface area is 127 Å². The lowest BCUT2D eigenvalue weighted by Crippen LogP contribution is -2.24. The second-order valence-electron chi connectivity index (χ2n) is 4.53. The first-order valence-electron chi connectivity index (χ1n) is 6.18. The van der Waals surface area contributed by atoms with Gasteiger partial charge in [0.15, 0.2) is 5.82 Å². The van der Waals surface area contributed by atoms with Gasteiger partial charge < -0.3 is 10.3 Å². The smallest absolute Gasteiger partial charge is 0.240 e. The molecule has 1 aromatic heterocycles. The Morgan fingerprint density at radius 2 is 1.95 bits per heavy atom. The highest BCUT2D eigenvalue weighted by atomic mass is 35.5. The molecular weight excluding hydrogens is 302 g/mol. The van der Waals surface area contributed by atoms with Crippen LogP contribution in [0.4, 0.5) is 8.78 Å². The molecule has 0 spiro atoms. The van der Waals surface area contributed by atoms with Gasteiger partial charge in [-0.3, -0.25) is 4.90 Å². The second-order valence-corrected chi connectivity index (χ2v) is 4.53. The molecule has 21 heavy (non-hydrogen) atoms. The van der Waals surface area contributed by atoms with E-state index >= 15 is 0 Å². The van der Waals surface area contributed by atoms with Crippen molar-refractivity contribution in [1.82, 2.24) is 15.0 Å². The van der Waals surface area contributed by atoms with E-state index in [0.717, 1.165) is 0 Å². The second kappa shape index (κ2) is 7.44. The molecule has 1 atom stereocenters. The molecule has 0 fully saturated rings. The van der Waals surface area contributed by atoms with E-state index in [0.29, 0.717) is 18.3 Å².